The van der Waals surface area contributed by atoms with Crippen molar-refractivity contribution in [2.24, 2.45) is 10.9 Å². The minimum Gasteiger partial charge on any atom is -0.325 e. The zero-order chi connectivity index (χ0) is 19.1. The van der Waals surface area contributed by atoms with Crippen molar-refractivity contribution in [2.75, 3.05) is 0 Å². The number of amides is 2. The number of fused-ring (bicyclic) bond motifs is 1. The third-order valence-electron chi connectivity index (χ3n) is 4.98. The second kappa shape index (κ2) is 6.52. The van der Waals surface area contributed by atoms with E-state index in [4.69, 9.17) is 0 Å². The van der Waals surface area contributed by atoms with Crippen molar-refractivity contribution in [3.05, 3.63) is 70.5 Å². The highest BCUT2D eigenvalue weighted by Gasteiger charge is 2.27. The fraction of sp³-hybridized carbons (Fsp3) is 0.318. The smallest absolute Gasteiger partial charge is 0.277 e. The van der Waals surface area contributed by atoms with Gasteiger partial charge in [0.2, 0.25) is 0 Å². The first kappa shape index (κ1) is 18.1. The molecule has 4 nitrogen and oxygen atoms in total. The molecule has 0 radical (unpaired) electrons. The fourth-order valence-electron chi connectivity index (χ4n) is 3.09. The normalized spacial score (nSPS) is 21.4. The Bertz CT molecular complexity index is 891. The lowest BCUT2D eigenvalue weighted by Crippen LogP contribution is -2.35. The van der Waals surface area contributed by atoms with Gasteiger partial charge < -0.3 is 5.32 Å². The standard InChI is InChI=1S/C22H24N2O2/c1-13-14(2)20(25)24-19-12-17(10-11-18(13)19)23-21(26)15-6-8-16(9-7-15)22(3,4)5/h6-12,18H,1-5H3,(H,24,25). The minimum atomic E-state index is -0.286. The van der Waals surface area contributed by atoms with Crippen molar-refractivity contribution in [1.29, 1.82) is 0 Å². The maximum Gasteiger partial charge on any atom is 0.277 e. The van der Waals surface area contributed by atoms with E-state index in [1.807, 2.05) is 50.3 Å². The average Bonchev–Trinajstić information content (AvgIpc) is 2.59. The fourth-order valence-corrected chi connectivity index (χ4v) is 3.09. The molecule has 1 aliphatic carbocycles. The molecule has 2 amide bonds. The van der Waals surface area contributed by atoms with Crippen LogP contribution in [0.25, 0.3) is 0 Å². The molecule has 3 rings (SSSR count). The van der Waals surface area contributed by atoms with E-state index in [1.54, 1.807) is 6.08 Å². The molecular weight excluding hydrogens is 324 g/mol. The number of hydrogen-bond donors (Lipinski definition) is 1. The summed E-state index contributed by atoms with van der Waals surface area (Å²) < 4.78 is 0. The number of allylic oxidation sites excluding steroid dienone is 3. The van der Waals surface area contributed by atoms with E-state index in [-0.39, 0.29) is 23.1 Å². The van der Waals surface area contributed by atoms with Crippen molar-refractivity contribution in [3.63, 3.8) is 0 Å². The number of carbonyl (C=O) groups excluding carboxylic acids is 2. The van der Waals surface area contributed by atoms with Gasteiger partial charge in [0.05, 0.1) is 5.71 Å². The van der Waals surface area contributed by atoms with Gasteiger partial charge in [-0.1, -0.05) is 44.6 Å². The Morgan fingerprint density at radius 3 is 2.38 bits per heavy atom. The van der Waals surface area contributed by atoms with Crippen LogP contribution in [0.2, 0.25) is 0 Å². The lowest BCUT2D eigenvalue weighted by molar-refractivity contribution is -0.117. The summed E-state index contributed by atoms with van der Waals surface area (Å²) in [7, 11) is 0. The zero-order valence-electron chi connectivity index (χ0n) is 15.9. The topological polar surface area (TPSA) is 58.5 Å². The molecule has 1 N–H and O–H groups in total. The summed E-state index contributed by atoms with van der Waals surface area (Å²) in [5, 5.41) is 2.89. The van der Waals surface area contributed by atoms with Crippen LogP contribution in [0.3, 0.4) is 0 Å². The van der Waals surface area contributed by atoms with E-state index in [9.17, 15) is 9.59 Å². The predicted octanol–water partition coefficient (Wildman–Crippen LogP) is 4.10. The van der Waals surface area contributed by atoms with E-state index in [2.05, 4.69) is 31.1 Å². The maximum atomic E-state index is 12.5. The van der Waals surface area contributed by atoms with E-state index in [1.165, 1.54) is 5.56 Å². The van der Waals surface area contributed by atoms with Gasteiger partial charge in [0.15, 0.2) is 0 Å². The van der Waals surface area contributed by atoms with Gasteiger partial charge in [-0.2, -0.15) is 0 Å². The summed E-state index contributed by atoms with van der Waals surface area (Å²) >= 11 is 0. The number of rotatable bonds is 1. The summed E-state index contributed by atoms with van der Waals surface area (Å²) in [6, 6.07) is 7.57. The Hall–Kier alpha value is -2.75. The van der Waals surface area contributed by atoms with Crippen LogP contribution in [0.4, 0.5) is 0 Å². The quantitative estimate of drug-likeness (QED) is 0.830. The highest BCUT2D eigenvalue weighted by atomic mass is 16.2. The third kappa shape index (κ3) is 3.45. The van der Waals surface area contributed by atoms with E-state index in [0.717, 1.165) is 16.8 Å². The zero-order valence-corrected chi connectivity index (χ0v) is 15.9. The number of aliphatic imine (C=N–C) groups is 1. The monoisotopic (exact) mass is 348 g/mol. The lowest BCUT2D eigenvalue weighted by Gasteiger charge is -2.28. The molecule has 0 spiro atoms. The SMILES string of the molecule is CC1=C(C)C2C=CC(=NC(=O)c3ccc(C(C)(C)C)cc3)C=C2NC1=O. The van der Waals surface area contributed by atoms with Gasteiger partial charge in [0.1, 0.15) is 0 Å². The van der Waals surface area contributed by atoms with Gasteiger partial charge in [-0.05, 0) is 49.1 Å². The molecule has 1 heterocycles. The van der Waals surface area contributed by atoms with Crippen molar-refractivity contribution >= 4 is 17.5 Å². The van der Waals surface area contributed by atoms with Crippen molar-refractivity contribution in [1.82, 2.24) is 5.32 Å². The predicted molar refractivity (Wildman–Crippen MR) is 104 cm³/mol. The van der Waals surface area contributed by atoms with Crippen LogP contribution in [0.1, 0.15) is 50.5 Å². The number of nitrogens with one attached hydrogen (secondary N) is 1. The Labute approximate surface area is 154 Å². The van der Waals surface area contributed by atoms with E-state index in [0.29, 0.717) is 11.3 Å². The second-order valence-corrected chi connectivity index (χ2v) is 7.87. The number of hydrogen-bond acceptors (Lipinski definition) is 2. The van der Waals surface area contributed by atoms with Crippen LogP contribution >= 0.6 is 0 Å². The first-order chi connectivity index (χ1) is 12.2. The lowest BCUT2D eigenvalue weighted by atomic mass is 9.85. The largest absolute Gasteiger partial charge is 0.325 e. The Kier molecular flexibility index (Phi) is 4.53. The summed E-state index contributed by atoms with van der Waals surface area (Å²) in [5.41, 5.74) is 4.86. The molecule has 1 aromatic carbocycles. The van der Waals surface area contributed by atoms with Gasteiger partial charge in [-0.3, -0.25) is 9.59 Å². The molecule has 1 aromatic rings. The molecule has 1 aliphatic heterocycles. The summed E-state index contributed by atoms with van der Waals surface area (Å²) in [4.78, 5) is 28.7. The number of carbonyl (C=O) groups is 2. The molecule has 1 atom stereocenters. The number of benzene rings is 1. The Balaban J connectivity index is 1.83. The Morgan fingerprint density at radius 2 is 1.77 bits per heavy atom. The molecule has 134 valence electrons. The van der Waals surface area contributed by atoms with Gasteiger partial charge in [-0.25, -0.2) is 4.99 Å². The second-order valence-electron chi connectivity index (χ2n) is 7.87. The molecule has 26 heavy (non-hydrogen) atoms. The Morgan fingerprint density at radius 1 is 1.12 bits per heavy atom. The molecule has 0 fully saturated rings. The number of nitrogens with zero attached hydrogens (tertiary/aromatic N) is 1. The van der Waals surface area contributed by atoms with Gasteiger partial charge in [0.25, 0.3) is 11.8 Å². The first-order valence-corrected chi connectivity index (χ1v) is 8.79. The van der Waals surface area contributed by atoms with Gasteiger partial charge >= 0.3 is 0 Å². The van der Waals surface area contributed by atoms with E-state index < -0.39 is 0 Å². The highest BCUT2D eigenvalue weighted by molar-refractivity contribution is 6.14. The molecule has 4 heteroatoms. The minimum absolute atomic E-state index is 0.0434. The summed E-state index contributed by atoms with van der Waals surface area (Å²) in [5.74, 6) is -0.331. The molecule has 0 aromatic heterocycles. The van der Waals surface area contributed by atoms with Crippen LogP contribution in [-0.4, -0.2) is 17.5 Å². The molecule has 1 unspecified atom stereocenters. The third-order valence-corrected chi connectivity index (χ3v) is 4.98. The van der Waals surface area contributed by atoms with Crippen LogP contribution in [0.5, 0.6) is 0 Å². The van der Waals surface area contributed by atoms with Gasteiger partial charge in [0, 0.05) is 22.8 Å². The van der Waals surface area contributed by atoms with Crippen LogP contribution in [-0.2, 0) is 10.2 Å². The molecule has 0 saturated carbocycles. The van der Waals surface area contributed by atoms with Crippen LogP contribution < -0.4 is 5.32 Å². The van der Waals surface area contributed by atoms with Gasteiger partial charge in [-0.15, -0.1) is 0 Å². The summed E-state index contributed by atoms with van der Waals surface area (Å²) in [6.45, 7) is 10.2. The van der Waals surface area contributed by atoms with Crippen LogP contribution in [0.15, 0.2) is 64.3 Å². The van der Waals surface area contributed by atoms with Crippen molar-refractivity contribution in [3.8, 4) is 0 Å². The molecule has 2 aliphatic rings. The highest BCUT2D eigenvalue weighted by Crippen LogP contribution is 2.30. The molecular formula is C22H24N2O2. The average molecular weight is 348 g/mol. The van der Waals surface area contributed by atoms with Crippen LogP contribution in [0, 0.1) is 5.92 Å². The summed E-state index contributed by atoms with van der Waals surface area (Å²) in [6.07, 6.45) is 5.59. The van der Waals surface area contributed by atoms with Crippen molar-refractivity contribution < 1.29 is 9.59 Å². The maximum absolute atomic E-state index is 12.5. The van der Waals surface area contributed by atoms with E-state index >= 15 is 0 Å². The molecule has 0 bridgehead atoms. The first-order valence-electron chi connectivity index (χ1n) is 8.79. The molecule has 0 saturated heterocycles. The van der Waals surface area contributed by atoms with Crippen molar-refractivity contribution in [2.45, 2.75) is 40.0 Å².